The smallest absolute Gasteiger partial charge is 0.135 e. The molecule has 2 aliphatic rings. The number of para-hydroxylation sites is 1. The molecule has 2 nitrogen and oxygen atoms in total. The highest BCUT2D eigenvalue weighted by Gasteiger charge is 2.51. The van der Waals surface area contributed by atoms with Gasteiger partial charge in [0.15, 0.2) is 0 Å². The molecular formula is C61H39NO. The Hall–Kier alpha value is -8.20. The molecule has 0 N–H and O–H groups in total. The van der Waals surface area contributed by atoms with Crippen molar-refractivity contribution in [2.45, 2.75) is 5.41 Å². The molecule has 0 amide bonds. The third-order valence-electron chi connectivity index (χ3n) is 13.5. The molecule has 0 bridgehead atoms. The first-order valence-electron chi connectivity index (χ1n) is 21.7. The van der Waals surface area contributed by atoms with Crippen molar-refractivity contribution in [3.05, 3.63) is 259 Å². The Labute approximate surface area is 366 Å². The molecule has 0 atom stereocenters. The van der Waals surface area contributed by atoms with Crippen molar-refractivity contribution in [2.24, 2.45) is 0 Å². The maximum absolute atomic E-state index is 6.20. The van der Waals surface area contributed by atoms with E-state index in [-0.39, 0.29) is 0 Å². The van der Waals surface area contributed by atoms with E-state index in [0.29, 0.717) is 0 Å². The molecule has 294 valence electrons. The summed E-state index contributed by atoms with van der Waals surface area (Å²) >= 11 is 0. The van der Waals surface area contributed by atoms with Gasteiger partial charge in [0.25, 0.3) is 0 Å². The van der Waals surface area contributed by atoms with E-state index < -0.39 is 5.41 Å². The van der Waals surface area contributed by atoms with Crippen LogP contribution < -0.4 is 4.90 Å². The van der Waals surface area contributed by atoms with Gasteiger partial charge in [-0.3, -0.25) is 0 Å². The van der Waals surface area contributed by atoms with Gasteiger partial charge in [-0.1, -0.05) is 182 Å². The van der Waals surface area contributed by atoms with Crippen molar-refractivity contribution in [3.8, 4) is 55.6 Å². The van der Waals surface area contributed by atoms with E-state index in [9.17, 15) is 0 Å². The topological polar surface area (TPSA) is 16.4 Å². The van der Waals surface area contributed by atoms with E-state index in [4.69, 9.17) is 4.42 Å². The molecule has 63 heavy (non-hydrogen) atoms. The Morgan fingerprint density at radius 2 is 0.778 bits per heavy atom. The third-order valence-corrected chi connectivity index (χ3v) is 13.5. The second-order valence-electron chi connectivity index (χ2n) is 16.8. The first kappa shape index (κ1) is 35.5. The summed E-state index contributed by atoms with van der Waals surface area (Å²) in [5.74, 6) is 0. The van der Waals surface area contributed by atoms with Crippen molar-refractivity contribution >= 4 is 39.0 Å². The van der Waals surface area contributed by atoms with Crippen LogP contribution in [0.2, 0.25) is 0 Å². The van der Waals surface area contributed by atoms with Crippen LogP contribution in [0.5, 0.6) is 0 Å². The number of nitrogens with zero attached hydrogens (tertiary/aromatic N) is 1. The molecule has 1 heterocycles. The molecule has 0 saturated heterocycles. The lowest BCUT2D eigenvalue weighted by atomic mass is 9.70. The zero-order valence-corrected chi connectivity index (χ0v) is 34.4. The number of hydrogen-bond donors (Lipinski definition) is 0. The number of anilines is 3. The summed E-state index contributed by atoms with van der Waals surface area (Å²) in [6.45, 7) is 0. The Kier molecular flexibility index (Phi) is 7.85. The molecule has 10 aromatic carbocycles. The van der Waals surface area contributed by atoms with Gasteiger partial charge in [-0.2, -0.15) is 0 Å². The molecule has 13 rings (SSSR count). The van der Waals surface area contributed by atoms with Gasteiger partial charge in [-0.15, -0.1) is 0 Å². The standard InChI is InChI=1S/C61H39NO/c1-3-15-40(16-4-1)43-29-35-58(52(37-43)42-17-5-2-6-18-42)62(45-31-27-41(28-32-45)44-30-36-60-53(38-44)51-22-10-14-26-59(51)63-60)46-33-34-50-49-21-9-13-25-56(49)61(57(50)39-46)54-23-11-7-19-47(54)48-20-8-12-24-55(48)61/h1-39H. The summed E-state index contributed by atoms with van der Waals surface area (Å²) in [5.41, 5.74) is 22.1. The van der Waals surface area contributed by atoms with Crippen molar-refractivity contribution in [2.75, 3.05) is 4.90 Å². The van der Waals surface area contributed by atoms with Crippen molar-refractivity contribution in [3.63, 3.8) is 0 Å². The van der Waals surface area contributed by atoms with Crippen molar-refractivity contribution < 1.29 is 4.42 Å². The van der Waals surface area contributed by atoms with Gasteiger partial charge in [0.2, 0.25) is 0 Å². The van der Waals surface area contributed by atoms with Gasteiger partial charge < -0.3 is 9.32 Å². The maximum Gasteiger partial charge on any atom is 0.135 e. The quantitative estimate of drug-likeness (QED) is 0.167. The number of rotatable bonds is 6. The van der Waals surface area contributed by atoms with Crippen molar-refractivity contribution in [1.29, 1.82) is 0 Å². The van der Waals surface area contributed by atoms with Gasteiger partial charge in [0, 0.05) is 27.7 Å². The van der Waals surface area contributed by atoms with Gasteiger partial charge in [0.1, 0.15) is 11.2 Å². The largest absolute Gasteiger partial charge is 0.456 e. The maximum atomic E-state index is 6.20. The Morgan fingerprint density at radius 3 is 1.46 bits per heavy atom. The lowest BCUT2D eigenvalue weighted by Gasteiger charge is -2.33. The first-order chi connectivity index (χ1) is 31.2. The molecule has 1 spiro atoms. The van der Waals surface area contributed by atoms with Gasteiger partial charge in [0.05, 0.1) is 11.1 Å². The number of hydrogen-bond acceptors (Lipinski definition) is 2. The van der Waals surface area contributed by atoms with E-state index in [1.165, 1.54) is 55.6 Å². The summed E-state index contributed by atoms with van der Waals surface area (Å²) in [4.78, 5) is 2.47. The van der Waals surface area contributed by atoms with Gasteiger partial charge in [-0.05, 0) is 127 Å². The summed E-state index contributed by atoms with van der Waals surface area (Å²) in [7, 11) is 0. The molecule has 2 heteroatoms. The minimum atomic E-state index is -0.458. The summed E-state index contributed by atoms with van der Waals surface area (Å²) in [6, 6.07) is 86.7. The fourth-order valence-corrected chi connectivity index (χ4v) is 10.7. The predicted molar refractivity (Wildman–Crippen MR) is 261 cm³/mol. The SMILES string of the molecule is c1ccc(-c2ccc(N(c3ccc(-c4ccc5oc6ccccc6c5c4)cc3)c3ccc4c(c3)C3(c5ccccc5-c5ccccc53)c3ccccc3-4)c(-c3ccccc3)c2)cc1. The third kappa shape index (κ3) is 5.32. The Bertz CT molecular complexity index is 3500. The summed E-state index contributed by atoms with van der Waals surface area (Å²) in [5, 5.41) is 2.26. The average Bonchev–Trinajstić information content (AvgIpc) is 3.99. The highest BCUT2D eigenvalue weighted by Crippen LogP contribution is 2.63. The van der Waals surface area contributed by atoms with E-state index >= 15 is 0 Å². The lowest BCUT2D eigenvalue weighted by Crippen LogP contribution is -2.26. The summed E-state index contributed by atoms with van der Waals surface area (Å²) < 4.78 is 6.20. The molecular weight excluding hydrogens is 763 g/mol. The molecule has 1 aromatic heterocycles. The van der Waals surface area contributed by atoms with Crippen LogP contribution in [-0.4, -0.2) is 0 Å². The van der Waals surface area contributed by atoms with Crippen LogP contribution in [0.4, 0.5) is 17.1 Å². The van der Waals surface area contributed by atoms with E-state index in [0.717, 1.165) is 61.3 Å². The monoisotopic (exact) mass is 801 g/mol. The molecule has 0 unspecified atom stereocenters. The van der Waals surface area contributed by atoms with Crippen LogP contribution in [0.1, 0.15) is 22.3 Å². The van der Waals surface area contributed by atoms with Crippen LogP contribution in [0.25, 0.3) is 77.6 Å². The van der Waals surface area contributed by atoms with Crippen LogP contribution in [0.3, 0.4) is 0 Å². The summed E-state index contributed by atoms with van der Waals surface area (Å²) in [6.07, 6.45) is 0. The Balaban J connectivity index is 1.04. The predicted octanol–water partition coefficient (Wildman–Crippen LogP) is 16.4. The lowest BCUT2D eigenvalue weighted by molar-refractivity contribution is 0.669. The number of fused-ring (bicyclic) bond motifs is 13. The molecule has 2 aliphatic carbocycles. The van der Waals surface area contributed by atoms with Crippen LogP contribution in [-0.2, 0) is 5.41 Å². The van der Waals surface area contributed by atoms with Gasteiger partial charge >= 0.3 is 0 Å². The molecule has 0 aliphatic heterocycles. The molecule has 0 radical (unpaired) electrons. The van der Waals surface area contributed by atoms with Crippen LogP contribution in [0, 0.1) is 0 Å². The van der Waals surface area contributed by atoms with Crippen molar-refractivity contribution in [1.82, 2.24) is 0 Å². The first-order valence-corrected chi connectivity index (χ1v) is 21.7. The fraction of sp³-hybridized carbons (Fsp3) is 0.0164. The number of furan rings is 1. The normalized spacial score (nSPS) is 12.9. The van der Waals surface area contributed by atoms with E-state index in [2.05, 4.69) is 229 Å². The highest BCUT2D eigenvalue weighted by molar-refractivity contribution is 6.06. The minimum absolute atomic E-state index is 0.458. The second kappa shape index (κ2) is 13.9. The Morgan fingerprint density at radius 1 is 0.286 bits per heavy atom. The zero-order valence-electron chi connectivity index (χ0n) is 34.4. The van der Waals surface area contributed by atoms with E-state index in [1.54, 1.807) is 0 Å². The van der Waals surface area contributed by atoms with Crippen LogP contribution >= 0.6 is 0 Å². The van der Waals surface area contributed by atoms with Crippen LogP contribution in [0.15, 0.2) is 241 Å². The highest BCUT2D eigenvalue weighted by atomic mass is 16.3. The van der Waals surface area contributed by atoms with E-state index in [1.807, 2.05) is 12.1 Å². The second-order valence-corrected chi connectivity index (χ2v) is 16.8. The molecule has 0 fully saturated rings. The molecule has 11 aromatic rings. The van der Waals surface area contributed by atoms with Gasteiger partial charge in [-0.25, -0.2) is 0 Å². The minimum Gasteiger partial charge on any atom is -0.456 e. The zero-order chi connectivity index (χ0) is 41.5. The number of benzene rings is 10. The molecule has 0 saturated carbocycles. The fourth-order valence-electron chi connectivity index (χ4n) is 10.7. The average molecular weight is 802 g/mol.